The first-order valence-corrected chi connectivity index (χ1v) is 21.5. The molecule has 0 amide bonds. The Morgan fingerprint density at radius 2 is 1.30 bits per heavy atom. The average Bonchev–Trinajstić information content (AvgIpc) is 4.16. The van der Waals surface area contributed by atoms with Gasteiger partial charge in [0.05, 0.1) is 38.7 Å². The molecule has 322 valence electrons. The molecule has 6 aromatic heterocycles. The fraction of sp³-hybridized carbons (Fsp3) is 0.356. The predicted molar refractivity (Wildman–Crippen MR) is 239 cm³/mol. The van der Waals surface area contributed by atoms with Crippen molar-refractivity contribution in [2.24, 2.45) is 0 Å². The van der Waals surface area contributed by atoms with Crippen molar-refractivity contribution in [1.29, 1.82) is 0 Å². The van der Waals surface area contributed by atoms with Crippen LogP contribution in [0.1, 0.15) is 71.5 Å². The quantitative estimate of drug-likeness (QED) is 0.144. The van der Waals surface area contributed by atoms with Gasteiger partial charge in [-0.3, -0.25) is 4.98 Å². The third-order valence-electron chi connectivity index (χ3n) is 11.1. The van der Waals surface area contributed by atoms with E-state index in [2.05, 4.69) is 59.0 Å². The molecular weight excluding hydrogens is 818 g/mol. The number of fused-ring (bicyclic) bond motifs is 2. The number of ether oxygens (including phenoxy) is 2. The minimum atomic E-state index is 0.400. The SMILES string of the molecule is COc1ccc(Cn2nc(C#Cc3nc4cc(Cl)ccn4n3)nc2N2CCCC2)cc1.COc1ccc(Cn2nc(N3CCCC3)nc2CCc2nc3c(C)ncc(C)n3n2)cc1. The Kier molecular flexibility index (Phi) is 12.1. The van der Waals surface area contributed by atoms with E-state index in [0.29, 0.717) is 41.8 Å². The van der Waals surface area contributed by atoms with Gasteiger partial charge < -0.3 is 19.3 Å². The van der Waals surface area contributed by atoms with Crippen LogP contribution < -0.4 is 19.3 Å². The highest BCUT2D eigenvalue weighted by molar-refractivity contribution is 6.30. The standard InChI is InChI=1S/C23H28N8O.C22H20ClN7O/c1-16-14-24-17(2)22-25-20(27-31(16)22)10-11-21-26-23(29-12-4-5-13-29)28-30(21)15-18-6-8-19(32-3)9-7-18;1-31-18-6-4-16(5-7-18)15-30-22(28-11-2-3-12-28)25-20(27-30)9-8-19-24-21-14-17(23)10-13-29(21)26-19/h6-9,14H,4-5,10-13,15H2,1-3H3;4-7,10,13-14H,2-3,11-12,15H2,1H3. The maximum Gasteiger partial charge on any atom is 0.244 e. The minimum Gasteiger partial charge on any atom is -0.497 e. The molecule has 2 saturated heterocycles. The van der Waals surface area contributed by atoms with Crippen LogP contribution in [0.5, 0.6) is 11.5 Å². The van der Waals surface area contributed by atoms with Crippen LogP contribution in [0.15, 0.2) is 73.1 Å². The van der Waals surface area contributed by atoms with Crippen LogP contribution in [-0.2, 0) is 25.9 Å². The van der Waals surface area contributed by atoms with Crippen LogP contribution in [0.2, 0.25) is 5.02 Å². The van der Waals surface area contributed by atoms with Crippen LogP contribution in [0.3, 0.4) is 0 Å². The molecule has 2 aliphatic rings. The van der Waals surface area contributed by atoms with Crippen LogP contribution in [0, 0.1) is 25.7 Å². The number of hydrogen-bond donors (Lipinski definition) is 0. The molecule has 0 atom stereocenters. The molecular formula is C45H48ClN15O2. The van der Waals surface area contributed by atoms with Gasteiger partial charge >= 0.3 is 0 Å². The largest absolute Gasteiger partial charge is 0.497 e. The highest BCUT2D eigenvalue weighted by Gasteiger charge is 2.22. The number of nitrogens with zero attached hydrogens (tertiary/aromatic N) is 15. The Bertz CT molecular complexity index is 2860. The number of aryl methyl sites for hydroxylation is 4. The third kappa shape index (κ3) is 9.56. The van der Waals surface area contributed by atoms with E-state index in [-0.39, 0.29) is 0 Å². The van der Waals surface area contributed by atoms with Gasteiger partial charge in [0.25, 0.3) is 0 Å². The minimum absolute atomic E-state index is 0.400. The second-order valence-electron chi connectivity index (χ2n) is 15.5. The van der Waals surface area contributed by atoms with Crippen LogP contribution in [0.4, 0.5) is 11.9 Å². The fourth-order valence-electron chi connectivity index (χ4n) is 7.66. The summed E-state index contributed by atoms with van der Waals surface area (Å²) < 4.78 is 18.0. The molecule has 8 heterocycles. The zero-order valence-corrected chi connectivity index (χ0v) is 36.6. The molecule has 17 nitrogen and oxygen atoms in total. The van der Waals surface area contributed by atoms with Crippen LogP contribution in [-0.4, -0.2) is 104 Å². The first-order valence-electron chi connectivity index (χ1n) is 21.1. The molecule has 63 heavy (non-hydrogen) atoms. The van der Waals surface area contributed by atoms with Crippen molar-refractivity contribution in [3.8, 4) is 23.3 Å². The van der Waals surface area contributed by atoms with Crippen molar-refractivity contribution >= 4 is 34.8 Å². The van der Waals surface area contributed by atoms with Crippen molar-refractivity contribution in [2.45, 2.75) is 65.5 Å². The summed E-state index contributed by atoms with van der Waals surface area (Å²) in [6.45, 7) is 9.21. The van der Waals surface area contributed by atoms with E-state index in [9.17, 15) is 0 Å². The zero-order chi connectivity index (χ0) is 43.3. The molecule has 0 radical (unpaired) electrons. The number of anilines is 2. The summed E-state index contributed by atoms with van der Waals surface area (Å²) in [4.78, 5) is 27.6. The number of aromatic nitrogens is 13. The Morgan fingerprint density at radius 1 is 0.667 bits per heavy atom. The zero-order valence-electron chi connectivity index (χ0n) is 35.8. The lowest BCUT2D eigenvalue weighted by Gasteiger charge is -2.16. The summed E-state index contributed by atoms with van der Waals surface area (Å²) in [5.41, 5.74) is 5.60. The Morgan fingerprint density at radius 3 is 1.95 bits per heavy atom. The molecule has 2 aromatic carbocycles. The maximum absolute atomic E-state index is 6.02. The number of pyridine rings is 1. The lowest BCUT2D eigenvalue weighted by atomic mass is 10.2. The van der Waals surface area contributed by atoms with E-state index < -0.39 is 0 Å². The van der Waals surface area contributed by atoms with E-state index >= 15 is 0 Å². The second-order valence-corrected chi connectivity index (χ2v) is 16.0. The Labute approximate surface area is 369 Å². The first-order chi connectivity index (χ1) is 30.8. The van der Waals surface area contributed by atoms with Gasteiger partial charge in [0, 0.05) is 62.5 Å². The molecule has 2 fully saturated rings. The maximum atomic E-state index is 6.02. The number of hydrogen-bond acceptors (Lipinski definition) is 13. The van der Waals surface area contributed by atoms with Crippen molar-refractivity contribution in [1.82, 2.24) is 63.7 Å². The molecule has 8 aromatic rings. The summed E-state index contributed by atoms with van der Waals surface area (Å²) in [5, 5.41) is 19.2. The van der Waals surface area contributed by atoms with Gasteiger partial charge in [0.2, 0.25) is 23.5 Å². The van der Waals surface area contributed by atoms with Crippen LogP contribution in [0.25, 0.3) is 11.3 Å². The molecule has 10 rings (SSSR count). The number of methoxy groups -OCH3 is 2. The van der Waals surface area contributed by atoms with Crippen molar-refractivity contribution in [3.63, 3.8) is 0 Å². The van der Waals surface area contributed by atoms with Gasteiger partial charge in [-0.05, 0) is 92.8 Å². The average molecular weight is 866 g/mol. The van der Waals surface area contributed by atoms with E-state index in [1.807, 2.05) is 70.3 Å². The van der Waals surface area contributed by atoms with E-state index in [4.69, 9.17) is 41.1 Å². The predicted octanol–water partition coefficient (Wildman–Crippen LogP) is 5.81. The topological polar surface area (TPSA) is 160 Å². The highest BCUT2D eigenvalue weighted by atomic mass is 35.5. The van der Waals surface area contributed by atoms with Crippen molar-refractivity contribution in [2.75, 3.05) is 50.2 Å². The molecule has 0 N–H and O–H groups in total. The monoisotopic (exact) mass is 865 g/mol. The van der Waals surface area contributed by atoms with Gasteiger partial charge in [-0.15, -0.1) is 15.3 Å². The first kappa shape index (κ1) is 41.3. The lowest BCUT2D eigenvalue weighted by molar-refractivity contribution is 0.414. The summed E-state index contributed by atoms with van der Waals surface area (Å²) >= 11 is 6.02. The molecule has 0 spiro atoms. The molecule has 18 heteroatoms. The number of halogens is 1. The summed E-state index contributed by atoms with van der Waals surface area (Å²) in [6.07, 6.45) is 9.70. The molecule has 0 saturated carbocycles. The van der Waals surface area contributed by atoms with Gasteiger partial charge in [0.1, 0.15) is 17.3 Å². The lowest BCUT2D eigenvalue weighted by Crippen LogP contribution is -2.22. The molecule has 0 unspecified atom stereocenters. The van der Waals surface area contributed by atoms with Gasteiger partial charge in [-0.2, -0.15) is 20.1 Å². The van der Waals surface area contributed by atoms with E-state index in [0.717, 1.165) is 109 Å². The molecule has 0 bridgehead atoms. The highest BCUT2D eigenvalue weighted by Crippen LogP contribution is 2.22. The van der Waals surface area contributed by atoms with Gasteiger partial charge in [-0.25, -0.2) is 23.4 Å². The third-order valence-corrected chi connectivity index (χ3v) is 11.3. The normalized spacial score (nSPS) is 13.7. The number of benzene rings is 2. The fourth-order valence-corrected chi connectivity index (χ4v) is 7.82. The Hall–Kier alpha value is -7.06. The number of rotatable bonds is 11. The summed E-state index contributed by atoms with van der Waals surface area (Å²) in [5.74, 6) is 11.9. The smallest absolute Gasteiger partial charge is 0.244 e. The van der Waals surface area contributed by atoms with E-state index in [1.165, 1.54) is 12.8 Å². The summed E-state index contributed by atoms with van der Waals surface area (Å²) in [6, 6.07) is 19.6. The molecule has 0 aliphatic carbocycles. The summed E-state index contributed by atoms with van der Waals surface area (Å²) in [7, 11) is 3.34. The van der Waals surface area contributed by atoms with Gasteiger partial charge in [-0.1, -0.05) is 35.9 Å². The van der Waals surface area contributed by atoms with E-state index in [1.54, 1.807) is 37.1 Å². The van der Waals surface area contributed by atoms with Gasteiger partial charge in [0.15, 0.2) is 17.1 Å². The Balaban J connectivity index is 0.000000160. The van der Waals surface area contributed by atoms with Crippen LogP contribution >= 0.6 is 11.6 Å². The second kappa shape index (κ2) is 18.5. The van der Waals surface area contributed by atoms with Crippen molar-refractivity contribution in [3.05, 3.63) is 124 Å². The molecule has 2 aliphatic heterocycles. The van der Waals surface area contributed by atoms with Crippen molar-refractivity contribution < 1.29 is 9.47 Å².